The van der Waals surface area contributed by atoms with Gasteiger partial charge in [0.25, 0.3) is 0 Å². The largest absolute Gasteiger partial charge is 0.387 e. The Balaban J connectivity index is 0.000000589. The summed E-state index contributed by atoms with van der Waals surface area (Å²) in [4.78, 5) is 14.1. The van der Waals surface area contributed by atoms with Gasteiger partial charge < -0.3 is 5.32 Å². The first-order valence-electron chi connectivity index (χ1n) is 11.2. The predicted molar refractivity (Wildman–Crippen MR) is 131 cm³/mol. The van der Waals surface area contributed by atoms with Crippen LogP contribution in [-0.4, -0.2) is 41.3 Å². The zero-order chi connectivity index (χ0) is 21.5. The van der Waals surface area contributed by atoms with Gasteiger partial charge in [0.15, 0.2) is 0 Å². The number of rotatable bonds is 7. The van der Waals surface area contributed by atoms with Crippen molar-refractivity contribution < 1.29 is 4.79 Å². The third-order valence-corrected chi connectivity index (χ3v) is 7.57. The molecule has 0 radical (unpaired) electrons. The molecule has 0 saturated carbocycles. The van der Waals surface area contributed by atoms with Crippen molar-refractivity contribution >= 4 is 23.1 Å². The van der Waals surface area contributed by atoms with E-state index >= 15 is 0 Å². The van der Waals surface area contributed by atoms with Gasteiger partial charge in [0.2, 0.25) is 0 Å². The fraction of sp³-hybridized carbons (Fsp3) is 0.500. The molecule has 0 aromatic heterocycles. The highest BCUT2D eigenvalue weighted by molar-refractivity contribution is 7.99. The first-order chi connectivity index (χ1) is 14.6. The van der Waals surface area contributed by atoms with Gasteiger partial charge in [-0.25, -0.2) is 0 Å². The summed E-state index contributed by atoms with van der Waals surface area (Å²) in [5.74, 6) is 3.41. The van der Waals surface area contributed by atoms with Crippen molar-refractivity contribution in [1.82, 2.24) is 10.2 Å². The minimum Gasteiger partial charge on any atom is -0.387 e. The van der Waals surface area contributed by atoms with Gasteiger partial charge in [-0.05, 0) is 66.7 Å². The van der Waals surface area contributed by atoms with Crippen LogP contribution in [0, 0.1) is 5.92 Å². The topological polar surface area (TPSA) is 32.3 Å². The quantitative estimate of drug-likeness (QED) is 0.594. The lowest BCUT2D eigenvalue weighted by molar-refractivity contribution is -0.114. The second-order valence-corrected chi connectivity index (χ2v) is 9.63. The maximum Gasteiger partial charge on any atom is 0.139 e. The summed E-state index contributed by atoms with van der Waals surface area (Å²) in [7, 11) is 0. The number of piperidine rings is 1. The van der Waals surface area contributed by atoms with Crippen molar-refractivity contribution in [3.05, 3.63) is 66.4 Å². The van der Waals surface area contributed by atoms with Gasteiger partial charge >= 0.3 is 0 Å². The molecule has 0 amide bonds. The summed E-state index contributed by atoms with van der Waals surface area (Å²) in [5.41, 5.74) is 6.09. The predicted octanol–water partition coefficient (Wildman–Crippen LogP) is 5.40. The van der Waals surface area contributed by atoms with E-state index in [0.29, 0.717) is 29.4 Å². The Morgan fingerprint density at radius 2 is 2.13 bits per heavy atom. The number of benzene rings is 1. The zero-order valence-corrected chi connectivity index (χ0v) is 19.3. The van der Waals surface area contributed by atoms with Crippen molar-refractivity contribution in [2.24, 2.45) is 5.92 Å². The molecule has 2 aliphatic heterocycles. The number of nitrogens with zero attached hydrogens (tertiary/aromatic N) is 1. The molecule has 4 heteroatoms. The van der Waals surface area contributed by atoms with Crippen molar-refractivity contribution in [2.45, 2.75) is 51.6 Å². The van der Waals surface area contributed by atoms with Gasteiger partial charge in [-0.1, -0.05) is 50.4 Å². The molecule has 1 N–H and O–H groups in total. The van der Waals surface area contributed by atoms with Gasteiger partial charge in [-0.3, -0.25) is 9.69 Å². The standard InChI is InChI=1S/C22H30N2OS.C4H6/c1-3-7-24-12-16(14-26-13-15(2)25)8-20-19-6-4-5-17-10-23-11-18(22(17)19)9-21(20)24;1-3-4-2/h4-6,11,16,20-21,23H,3,7-10,12-14H2,1-2H3;3-4H,1-2H2. The summed E-state index contributed by atoms with van der Waals surface area (Å²) in [6.45, 7) is 14.0. The molecular formula is C26H36N2OS. The normalized spacial score (nSPS) is 24.2. The Morgan fingerprint density at radius 3 is 2.83 bits per heavy atom. The number of Topliss-reactive ketones (excluding diaryl/α,β-unsaturated/α-hetero) is 1. The molecule has 0 spiro atoms. The van der Waals surface area contributed by atoms with Crippen LogP contribution in [-0.2, 0) is 11.3 Å². The molecule has 1 fully saturated rings. The van der Waals surface area contributed by atoms with Crippen LogP contribution in [0.3, 0.4) is 0 Å². The molecule has 3 nitrogen and oxygen atoms in total. The number of hydrogen-bond donors (Lipinski definition) is 1. The van der Waals surface area contributed by atoms with E-state index in [4.69, 9.17) is 0 Å². The lowest BCUT2D eigenvalue weighted by atomic mass is 9.69. The third kappa shape index (κ3) is 5.28. The smallest absolute Gasteiger partial charge is 0.139 e. The number of fused-ring (bicyclic) bond motifs is 2. The van der Waals surface area contributed by atoms with Crippen molar-refractivity contribution in [3.8, 4) is 0 Å². The fourth-order valence-electron chi connectivity index (χ4n) is 5.16. The summed E-state index contributed by atoms with van der Waals surface area (Å²) >= 11 is 1.83. The van der Waals surface area contributed by atoms with Gasteiger partial charge in [-0.2, -0.15) is 11.8 Å². The maximum absolute atomic E-state index is 11.3. The lowest BCUT2D eigenvalue weighted by Gasteiger charge is -2.49. The number of carbonyl (C=O) groups excluding carboxylic acids is 1. The van der Waals surface area contributed by atoms with Crippen molar-refractivity contribution in [1.29, 1.82) is 0 Å². The fourth-order valence-corrected chi connectivity index (χ4v) is 6.14. The molecule has 0 bridgehead atoms. The van der Waals surface area contributed by atoms with Crippen LogP contribution in [0.2, 0.25) is 0 Å². The summed E-state index contributed by atoms with van der Waals surface area (Å²) < 4.78 is 0. The van der Waals surface area contributed by atoms with E-state index in [1.165, 1.54) is 43.5 Å². The van der Waals surface area contributed by atoms with Gasteiger partial charge in [0.05, 0.1) is 5.75 Å². The highest BCUT2D eigenvalue weighted by Crippen LogP contribution is 2.48. The van der Waals surface area contributed by atoms with Gasteiger partial charge in [-0.15, -0.1) is 0 Å². The van der Waals surface area contributed by atoms with Crippen LogP contribution in [0.1, 0.15) is 55.7 Å². The molecule has 162 valence electrons. The second kappa shape index (κ2) is 11.0. The molecule has 4 rings (SSSR count). The second-order valence-electron chi connectivity index (χ2n) is 8.60. The first kappa shape index (κ1) is 22.9. The molecule has 3 atom stereocenters. The molecule has 3 unspecified atom stereocenters. The maximum atomic E-state index is 11.3. The van der Waals surface area contributed by atoms with E-state index < -0.39 is 0 Å². The monoisotopic (exact) mass is 424 g/mol. The number of ketones is 1. The molecule has 1 saturated heterocycles. The Bertz CT molecular complexity index is 794. The van der Waals surface area contributed by atoms with Crippen molar-refractivity contribution in [3.63, 3.8) is 0 Å². The van der Waals surface area contributed by atoms with Crippen LogP contribution in [0.4, 0.5) is 0 Å². The number of thioether (sulfide) groups is 1. The Kier molecular flexibility index (Phi) is 8.41. The molecule has 3 aliphatic rings. The van der Waals surface area contributed by atoms with Gasteiger partial charge in [0, 0.05) is 31.2 Å². The lowest BCUT2D eigenvalue weighted by Crippen LogP contribution is -2.50. The number of nitrogens with one attached hydrogen (secondary N) is 1. The van der Waals surface area contributed by atoms with E-state index in [0.717, 1.165) is 12.3 Å². The molecular weight excluding hydrogens is 388 g/mol. The Labute approximate surface area is 186 Å². The minimum atomic E-state index is 0.297. The Morgan fingerprint density at radius 1 is 1.33 bits per heavy atom. The van der Waals surface area contributed by atoms with E-state index in [1.807, 2.05) is 11.8 Å². The third-order valence-electron chi connectivity index (χ3n) is 6.25. The van der Waals surface area contributed by atoms with E-state index in [9.17, 15) is 4.79 Å². The summed E-state index contributed by atoms with van der Waals surface area (Å²) in [6, 6.07) is 7.55. The average Bonchev–Trinajstić information content (AvgIpc) is 2.75. The molecule has 1 aromatic carbocycles. The first-order valence-corrected chi connectivity index (χ1v) is 12.3. The highest BCUT2D eigenvalue weighted by Gasteiger charge is 2.41. The molecule has 1 aliphatic carbocycles. The van der Waals surface area contributed by atoms with E-state index in [1.54, 1.807) is 30.2 Å². The average molecular weight is 425 g/mol. The van der Waals surface area contributed by atoms with E-state index in [-0.39, 0.29) is 0 Å². The number of hydrogen-bond acceptors (Lipinski definition) is 4. The molecule has 2 heterocycles. The van der Waals surface area contributed by atoms with Crippen LogP contribution in [0.25, 0.3) is 5.57 Å². The molecule has 30 heavy (non-hydrogen) atoms. The van der Waals surface area contributed by atoms with E-state index in [2.05, 4.69) is 54.7 Å². The number of allylic oxidation sites excluding steroid dienone is 2. The van der Waals surface area contributed by atoms with Crippen LogP contribution >= 0.6 is 11.8 Å². The number of carbonyl (C=O) groups is 1. The highest BCUT2D eigenvalue weighted by atomic mass is 32.2. The minimum absolute atomic E-state index is 0.297. The SMILES string of the molecule is C=CC=C.CCCN1CC(CSCC(C)=O)CC2c3cccc4c3C(=CNC4)CC21. The van der Waals surface area contributed by atoms with Crippen LogP contribution in [0.5, 0.6) is 0 Å². The van der Waals surface area contributed by atoms with Crippen LogP contribution < -0.4 is 5.32 Å². The van der Waals surface area contributed by atoms with Gasteiger partial charge in [0.1, 0.15) is 5.78 Å². The van der Waals surface area contributed by atoms with Crippen molar-refractivity contribution in [2.75, 3.05) is 24.6 Å². The Hall–Kier alpha value is -1.78. The summed E-state index contributed by atoms with van der Waals surface area (Å²) in [6.07, 6.45) is 9.20. The van der Waals surface area contributed by atoms with Crippen LogP contribution in [0.15, 0.2) is 49.7 Å². The summed E-state index contributed by atoms with van der Waals surface area (Å²) in [5, 5.41) is 3.48. The zero-order valence-electron chi connectivity index (χ0n) is 18.5. The number of likely N-dealkylation sites (tertiary alicyclic amines) is 1. The molecule has 1 aromatic rings.